The Hall–Kier alpha value is -2.44. The average Bonchev–Trinajstić information content (AvgIpc) is 3.37. The van der Waals surface area contributed by atoms with Crippen molar-refractivity contribution in [3.63, 3.8) is 0 Å². The number of sulfonamides is 1. The van der Waals surface area contributed by atoms with Gasteiger partial charge >= 0.3 is 12.2 Å². The van der Waals surface area contributed by atoms with Gasteiger partial charge in [0.25, 0.3) is 0 Å². The molecule has 1 aromatic rings. The molecule has 5 rings (SSSR count). The Morgan fingerprint density at radius 1 is 1.11 bits per heavy atom. The number of nitrogens with zero attached hydrogens (tertiary/aromatic N) is 3. The number of carbonyl (C=O) groups excluding carboxylic acids is 2. The number of carbonyl (C=O) groups is 2. The first-order valence-corrected chi connectivity index (χ1v) is 18.1. The smallest absolute Gasteiger partial charge is 0.410 e. The van der Waals surface area contributed by atoms with Gasteiger partial charge in [-0.25, -0.2) is 26.7 Å². The molecule has 4 fully saturated rings. The molecule has 0 unspecified atom stereocenters. The quantitative estimate of drug-likeness (QED) is 0.439. The van der Waals surface area contributed by atoms with Crippen LogP contribution in [0.3, 0.4) is 0 Å². The summed E-state index contributed by atoms with van der Waals surface area (Å²) in [5, 5.41) is 3.04. The first kappa shape index (κ1) is 33.9. The van der Waals surface area contributed by atoms with Crippen LogP contribution < -0.4 is 5.32 Å². The maximum Gasteiger partial charge on any atom is 0.410 e. The fourth-order valence-electron chi connectivity index (χ4n) is 8.77. The second kappa shape index (κ2) is 12.6. The number of halogens is 1. The van der Waals surface area contributed by atoms with Crippen molar-refractivity contribution in [2.75, 3.05) is 53.1 Å². The van der Waals surface area contributed by atoms with E-state index < -0.39 is 27.1 Å². The molecule has 10 nitrogen and oxygen atoms in total. The Bertz CT molecular complexity index is 1350. The molecule has 1 spiro atoms. The Morgan fingerprint density at radius 3 is 2.36 bits per heavy atom. The summed E-state index contributed by atoms with van der Waals surface area (Å²) in [6.07, 6.45) is 6.66. The number of amides is 2. The molecule has 2 saturated carbocycles. The lowest BCUT2D eigenvalue weighted by Gasteiger charge is -2.61. The third kappa shape index (κ3) is 7.12. The molecule has 252 valence electrons. The minimum Gasteiger partial charge on any atom is -0.453 e. The van der Waals surface area contributed by atoms with Crippen molar-refractivity contribution in [1.29, 1.82) is 0 Å². The number of benzene rings is 1. The summed E-state index contributed by atoms with van der Waals surface area (Å²) in [5.41, 5.74) is -0.244. The van der Waals surface area contributed by atoms with Crippen molar-refractivity contribution in [2.45, 2.75) is 88.8 Å². The van der Waals surface area contributed by atoms with Crippen LogP contribution in [0.1, 0.15) is 71.3 Å². The molecule has 4 aliphatic rings. The molecule has 12 heteroatoms. The zero-order valence-corrected chi connectivity index (χ0v) is 28.5. The summed E-state index contributed by atoms with van der Waals surface area (Å²) in [6, 6.07) is 6.87. The number of likely N-dealkylation sites (N-methyl/N-ethyl adjacent to an activating group) is 1. The fraction of sp³-hybridized carbons (Fsp3) is 0.758. The molecule has 1 aromatic carbocycles. The predicted octanol–water partition coefficient (Wildman–Crippen LogP) is 4.59. The van der Waals surface area contributed by atoms with Gasteiger partial charge in [0.1, 0.15) is 11.4 Å². The maximum atomic E-state index is 14.9. The van der Waals surface area contributed by atoms with Crippen molar-refractivity contribution >= 4 is 22.2 Å². The van der Waals surface area contributed by atoms with Crippen LogP contribution in [0, 0.1) is 23.1 Å². The third-order valence-corrected chi connectivity index (χ3v) is 12.2. The van der Waals surface area contributed by atoms with E-state index in [2.05, 4.69) is 10.2 Å². The lowest BCUT2D eigenvalue weighted by molar-refractivity contribution is -0.114. The lowest BCUT2D eigenvalue weighted by Crippen LogP contribution is -2.68. The number of hydrogen-bond donors (Lipinski definition) is 1. The minimum atomic E-state index is -3.54. The van der Waals surface area contributed by atoms with E-state index in [1.54, 1.807) is 24.1 Å². The SMILES string of the molecule is COC(=O)N[C@H]1CCC[C@@H]1[C@](CN(C)S(C)(=O)=O)(c1cccc(F)c1)C1CCN(C2CC3(C2)CN(C(=O)OC(C)(C)C)C3)CC1. The molecule has 3 atom stereocenters. The van der Waals surface area contributed by atoms with Gasteiger partial charge < -0.3 is 24.6 Å². The van der Waals surface area contributed by atoms with Gasteiger partial charge in [-0.15, -0.1) is 0 Å². The molecule has 2 saturated heterocycles. The summed E-state index contributed by atoms with van der Waals surface area (Å²) < 4.78 is 52.5. The molecule has 45 heavy (non-hydrogen) atoms. The van der Waals surface area contributed by atoms with E-state index in [-0.39, 0.29) is 41.7 Å². The van der Waals surface area contributed by atoms with E-state index in [1.165, 1.54) is 23.7 Å². The molecular weight excluding hydrogens is 599 g/mol. The average molecular weight is 651 g/mol. The molecule has 2 aliphatic carbocycles. The van der Waals surface area contributed by atoms with E-state index in [4.69, 9.17) is 9.47 Å². The van der Waals surface area contributed by atoms with Gasteiger partial charge in [0.15, 0.2) is 0 Å². The van der Waals surface area contributed by atoms with Crippen LogP contribution in [0.4, 0.5) is 14.0 Å². The molecule has 0 radical (unpaired) electrons. The largest absolute Gasteiger partial charge is 0.453 e. The minimum absolute atomic E-state index is 0.0743. The number of likely N-dealkylation sites (tertiary alicyclic amines) is 2. The van der Waals surface area contributed by atoms with Gasteiger partial charge in [0, 0.05) is 49.6 Å². The van der Waals surface area contributed by atoms with Crippen molar-refractivity contribution in [3.8, 4) is 0 Å². The normalized spacial score (nSPS) is 25.8. The van der Waals surface area contributed by atoms with Crippen LogP contribution in [-0.2, 0) is 24.9 Å². The topological polar surface area (TPSA) is 108 Å². The molecule has 0 aromatic heterocycles. The van der Waals surface area contributed by atoms with Crippen molar-refractivity contribution in [2.24, 2.45) is 17.3 Å². The summed E-state index contributed by atoms with van der Waals surface area (Å²) in [6.45, 7) is 9.07. The highest BCUT2D eigenvalue weighted by Gasteiger charge is 2.57. The highest BCUT2D eigenvalue weighted by molar-refractivity contribution is 7.88. The first-order chi connectivity index (χ1) is 21.0. The van der Waals surface area contributed by atoms with Crippen molar-refractivity contribution in [1.82, 2.24) is 19.4 Å². The summed E-state index contributed by atoms with van der Waals surface area (Å²) in [7, 11) is -0.594. The van der Waals surface area contributed by atoms with E-state index >= 15 is 0 Å². The number of alkyl carbamates (subject to hydrolysis) is 1. The zero-order chi connectivity index (χ0) is 32.8. The number of nitrogens with one attached hydrogen (secondary N) is 1. The summed E-state index contributed by atoms with van der Waals surface area (Å²) in [5.74, 6) is -0.377. The third-order valence-electron chi connectivity index (χ3n) is 10.9. The van der Waals surface area contributed by atoms with Crippen molar-refractivity contribution in [3.05, 3.63) is 35.6 Å². The molecular formula is C33H51FN4O6S. The highest BCUT2D eigenvalue weighted by Crippen LogP contribution is 2.54. The van der Waals surface area contributed by atoms with Crippen LogP contribution in [0.2, 0.25) is 0 Å². The Morgan fingerprint density at radius 2 is 1.78 bits per heavy atom. The number of methoxy groups -OCH3 is 1. The lowest BCUT2D eigenvalue weighted by atomic mass is 9.57. The maximum absolute atomic E-state index is 14.9. The highest BCUT2D eigenvalue weighted by atomic mass is 32.2. The standard InChI is InChI=1S/C33H51FN4O6S/c1-31(2,3)44-30(40)38-20-32(21-38)18-26(19-32)37-15-13-23(14-16-37)33(22-36(4)45(6,41)42,24-9-7-10-25(34)17-24)27-11-8-12-28(27)35-29(39)43-5/h7,9-10,17,23,26-28H,8,11-16,18-22H2,1-6H3,(H,35,39)/t27-,28-,33-/m0/s1. The van der Waals surface area contributed by atoms with Gasteiger partial charge in [-0.05, 0) is 102 Å². The summed E-state index contributed by atoms with van der Waals surface area (Å²) in [4.78, 5) is 29.2. The molecule has 2 amide bonds. The zero-order valence-electron chi connectivity index (χ0n) is 27.7. The summed E-state index contributed by atoms with van der Waals surface area (Å²) >= 11 is 0. The Labute approximate surface area is 268 Å². The van der Waals surface area contributed by atoms with E-state index in [0.29, 0.717) is 6.04 Å². The van der Waals surface area contributed by atoms with Gasteiger partial charge in [0.05, 0.1) is 13.4 Å². The van der Waals surface area contributed by atoms with Crippen LogP contribution in [0.5, 0.6) is 0 Å². The molecule has 1 N–H and O–H groups in total. The van der Waals surface area contributed by atoms with E-state index in [9.17, 15) is 22.4 Å². The Kier molecular flexibility index (Phi) is 9.52. The van der Waals surface area contributed by atoms with Gasteiger partial charge in [-0.2, -0.15) is 0 Å². The van der Waals surface area contributed by atoms with Gasteiger partial charge in [-0.1, -0.05) is 18.6 Å². The van der Waals surface area contributed by atoms with Crippen LogP contribution in [0.25, 0.3) is 0 Å². The second-order valence-electron chi connectivity index (χ2n) is 15.1. The van der Waals surface area contributed by atoms with E-state index in [1.807, 2.05) is 26.8 Å². The van der Waals surface area contributed by atoms with Gasteiger partial charge in [0.2, 0.25) is 10.0 Å². The van der Waals surface area contributed by atoms with Crippen LogP contribution >= 0.6 is 0 Å². The molecule has 2 aliphatic heterocycles. The molecule has 0 bridgehead atoms. The van der Waals surface area contributed by atoms with Crippen LogP contribution in [0.15, 0.2) is 24.3 Å². The first-order valence-electron chi connectivity index (χ1n) is 16.3. The van der Waals surface area contributed by atoms with Crippen LogP contribution in [-0.4, -0.2) is 106 Å². The number of ether oxygens (including phenoxy) is 2. The number of rotatable bonds is 8. The number of piperidine rings is 1. The predicted molar refractivity (Wildman–Crippen MR) is 170 cm³/mol. The monoisotopic (exact) mass is 650 g/mol. The molecule has 2 heterocycles. The Balaban J connectivity index is 1.35. The second-order valence-corrected chi connectivity index (χ2v) is 17.1. The van der Waals surface area contributed by atoms with Crippen molar-refractivity contribution < 1.29 is 31.9 Å². The fourth-order valence-corrected chi connectivity index (χ4v) is 9.22. The van der Waals surface area contributed by atoms with Gasteiger partial charge in [-0.3, -0.25) is 0 Å². The number of hydrogen-bond acceptors (Lipinski definition) is 7. The van der Waals surface area contributed by atoms with E-state index in [0.717, 1.165) is 76.7 Å².